The lowest BCUT2D eigenvalue weighted by atomic mass is 9.82. The van der Waals surface area contributed by atoms with E-state index in [4.69, 9.17) is 18.9 Å². The summed E-state index contributed by atoms with van der Waals surface area (Å²) < 4.78 is 22.5. The van der Waals surface area contributed by atoms with Crippen molar-refractivity contribution in [1.29, 1.82) is 0 Å². The summed E-state index contributed by atoms with van der Waals surface area (Å²) in [5.74, 6) is -2.47. The van der Waals surface area contributed by atoms with Crippen molar-refractivity contribution < 1.29 is 33.3 Å². The average Bonchev–Trinajstić information content (AvgIpc) is 3.07. The van der Waals surface area contributed by atoms with E-state index >= 15 is 0 Å². The molecule has 1 saturated carbocycles. The summed E-state index contributed by atoms with van der Waals surface area (Å²) in [6.07, 6.45) is 1.28. The highest BCUT2D eigenvalue weighted by Crippen LogP contribution is 2.48. The van der Waals surface area contributed by atoms with Crippen LogP contribution in [0, 0.1) is 0 Å². The topological polar surface area (TPSA) is 88.1 Å². The smallest absolute Gasteiger partial charge is 0.351 e. The molecule has 7 heteroatoms. The summed E-state index contributed by atoms with van der Waals surface area (Å²) in [6.45, 7) is 3.58. The second kappa shape index (κ2) is 6.28. The Hall–Kier alpha value is -2.51. The first-order valence-electron chi connectivity index (χ1n) is 8.85. The third kappa shape index (κ3) is 3.28. The molecule has 3 aliphatic rings. The summed E-state index contributed by atoms with van der Waals surface area (Å²) >= 11 is 0. The van der Waals surface area contributed by atoms with Crippen molar-refractivity contribution in [3.05, 3.63) is 48.0 Å². The highest BCUT2D eigenvalue weighted by atomic mass is 16.8. The van der Waals surface area contributed by atoms with Crippen LogP contribution >= 0.6 is 0 Å². The Morgan fingerprint density at radius 3 is 2.52 bits per heavy atom. The standard InChI is InChI=1S/C20H20O7/c1-19(2)25-15-11-20(10-14(17(15)27-19)24-18(20)23)26-16(22)9-8-13(21)12-6-4-3-5-7-12/h3-9,14-15,17H,10-11H2,1-2H3/b9-8+/t14-,15+,17-,20+/m0/s1. The number of carbonyl (C=O) groups excluding carboxylic acids is 3. The van der Waals surface area contributed by atoms with Gasteiger partial charge in [-0.2, -0.15) is 0 Å². The van der Waals surface area contributed by atoms with Gasteiger partial charge in [-0.15, -0.1) is 0 Å². The van der Waals surface area contributed by atoms with Crippen LogP contribution in [0.5, 0.6) is 0 Å². The number of fused-ring (bicyclic) bond motifs is 4. The summed E-state index contributed by atoms with van der Waals surface area (Å²) in [5, 5.41) is 0. The summed E-state index contributed by atoms with van der Waals surface area (Å²) in [4.78, 5) is 36.7. The molecule has 1 aromatic carbocycles. The predicted octanol–water partition coefficient (Wildman–Crippen LogP) is 1.95. The van der Waals surface area contributed by atoms with Crippen LogP contribution < -0.4 is 0 Å². The molecule has 142 valence electrons. The minimum absolute atomic E-state index is 0.169. The molecule has 27 heavy (non-hydrogen) atoms. The number of ether oxygens (including phenoxy) is 4. The fourth-order valence-corrected chi connectivity index (χ4v) is 3.90. The molecule has 0 radical (unpaired) electrons. The number of ketones is 1. The Labute approximate surface area is 156 Å². The fourth-order valence-electron chi connectivity index (χ4n) is 3.90. The summed E-state index contributed by atoms with van der Waals surface area (Å²) in [6, 6.07) is 8.56. The van der Waals surface area contributed by atoms with Crippen LogP contribution in [0.1, 0.15) is 37.0 Å². The van der Waals surface area contributed by atoms with Gasteiger partial charge in [0, 0.05) is 24.5 Å². The van der Waals surface area contributed by atoms with Gasteiger partial charge < -0.3 is 18.9 Å². The van der Waals surface area contributed by atoms with Crippen molar-refractivity contribution in [2.24, 2.45) is 0 Å². The molecule has 7 nitrogen and oxygen atoms in total. The number of esters is 2. The number of hydrogen-bond donors (Lipinski definition) is 0. The van der Waals surface area contributed by atoms with E-state index < -0.39 is 35.5 Å². The van der Waals surface area contributed by atoms with Crippen molar-refractivity contribution in [3.8, 4) is 0 Å². The van der Waals surface area contributed by atoms with Gasteiger partial charge in [0.15, 0.2) is 11.6 Å². The van der Waals surface area contributed by atoms with Gasteiger partial charge in [0.1, 0.15) is 12.2 Å². The van der Waals surface area contributed by atoms with Gasteiger partial charge in [-0.3, -0.25) is 4.79 Å². The molecule has 0 aromatic heterocycles. The van der Waals surface area contributed by atoms with Crippen molar-refractivity contribution in [1.82, 2.24) is 0 Å². The lowest BCUT2D eigenvalue weighted by Crippen LogP contribution is -2.49. The van der Waals surface area contributed by atoms with Gasteiger partial charge in [0.05, 0.1) is 6.10 Å². The third-order valence-corrected chi connectivity index (χ3v) is 5.01. The Bertz CT molecular complexity index is 813. The van der Waals surface area contributed by atoms with Gasteiger partial charge >= 0.3 is 11.9 Å². The first kappa shape index (κ1) is 17.9. The van der Waals surface area contributed by atoms with E-state index in [-0.39, 0.29) is 24.7 Å². The van der Waals surface area contributed by atoms with Crippen molar-refractivity contribution in [2.45, 2.75) is 56.4 Å². The Morgan fingerprint density at radius 2 is 1.78 bits per heavy atom. The maximum Gasteiger partial charge on any atom is 0.351 e. The van der Waals surface area contributed by atoms with Crippen LogP contribution in [0.25, 0.3) is 0 Å². The first-order valence-corrected chi connectivity index (χ1v) is 8.85. The zero-order chi connectivity index (χ0) is 19.2. The molecule has 2 aliphatic heterocycles. The number of carbonyl (C=O) groups is 3. The lowest BCUT2D eigenvalue weighted by molar-refractivity contribution is -0.179. The largest absolute Gasteiger partial charge is 0.456 e. The predicted molar refractivity (Wildman–Crippen MR) is 91.7 cm³/mol. The Kier molecular flexibility index (Phi) is 4.16. The average molecular weight is 372 g/mol. The zero-order valence-electron chi connectivity index (χ0n) is 15.0. The SMILES string of the molecule is CC1(C)O[C@H]2[C@@H]3C[C@@](OC(=O)/C=C/C(=O)c4ccccc4)(C[C@H]2O1)C(=O)O3. The molecule has 0 N–H and O–H groups in total. The highest BCUT2D eigenvalue weighted by molar-refractivity contribution is 6.07. The second-order valence-corrected chi connectivity index (χ2v) is 7.47. The molecular formula is C20H20O7. The minimum atomic E-state index is -1.40. The van der Waals surface area contributed by atoms with E-state index in [0.29, 0.717) is 5.56 Å². The van der Waals surface area contributed by atoms with Gasteiger partial charge in [-0.25, -0.2) is 9.59 Å². The molecule has 4 rings (SSSR count). The molecular weight excluding hydrogens is 352 g/mol. The maximum absolute atomic E-state index is 12.4. The quantitative estimate of drug-likeness (QED) is 0.453. The normalized spacial score (nSPS) is 33.6. The van der Waals surface area contributed by atoms with Gasteiger partial charge in [0.2, 0.25) is 5.60 Å². The van der Waals surface area contributed by atoms with Crippen LogP contribution in [0.15, 0.2) is 42.5 Å². The summed E-state index contributed by atoms with van der Waals surface area (Å²) in [7, 11) is 0. The highest BCUT2D eigenvalue weighted by Gasteiger charge is 2.65. The molecule has 2 saturated heterocycles. The number of benzene rings is 1. The third-order valence-electron chi connectivity index (χ3n) is 5.01. The Balaban J connectivity index is 1.45. The van der Waals surface area contributed by atoms with E-state index in [1.165, 1.54) is 0 Å². The molecule has 0 amide bonds. The van der Waals surface area contributed by atoms with Crippen LogP contribution in [0.2, 0.25) is 0 Å². The maximum atomic E-state index is 12.4. The number of rotatable bonds is 4. The van der Waals surface area contributed by atoms with Crippen molar-refractivity contribution >= 4 is 17.7 Å². The van der Waals surface area contributed by atoms with Gasteiger partial charge in [-0.05, 0) is 19.9 Å². The monoisotopic (exact) mass is 372 g/mol. The van der Waals surface area contributed by atoms with E-state index in [1.54, 1.807) is 44.2 Å². The van der Waals surface area contributed by atoms with Crippen LogP contribution in [-0.2, 0) is 28.5 Å². The van der Waals surface area contributed by atoms with E-state index in [1.807, 2.05) is 0 Å². The van der Waals surface area contributed by atoms with Crippen molar-refractivity contribution in [3.63, 3.8) is 0 Å². The fraction of sp³-hybridized carbons (Fsp3) is 0.450. The molecule has 0 spiro atoms. The molecule has 0 unspecified atom stereocenters. The molecule has 2 heterocycles. The number of allylic oxidation sites excluding steroid dienone is 1. The van der Waals surface area contributed by atoms with Crippen LogP contribution in [0.3, 0.4) is 0 Å². The zero-order valence-corrected chi connectivity index (χ0v) is 15.0. The van der Waals surface area contributed by atoms with Crippen LogP contribution in [0.4, 0.5) is 0 Å². The molecule has 4 atom stereocenters. The summed E-state index contributed by atoms with van der Waals surface area (Å²) in [5.41, 5.74) is -0.938. The molecule has 1 aromatic rings. The molecule has 3 fully saturated rings. The van der Waals surface area contributed by atoms with E-state index in [0.717, 1.165) is 12.2 Å². The minimum Gasteiger partial charge on any atom is -0.456 e. The van der Waals surface area contributed by atoms with E-state index in [2.05, 4.69) is 0 Å². The lowest BCUT2D eigenvalue weighted by Gasteiger charge is -2.32. The van der Waals surface area contributed by atoms with Crippen LogP contribution in [-0.4, -0.2) is 47.4 Å². The molecule has 2 bridgehead atoms. The second-order valence-electron chi connectivity index (χ2n) is 7.47. The van der Waals surface area contributed by atoms with Gasteiger partial charge in [-0.1, -0.05) is 30.3 Å². The van der Waals surface area contributed by atoms with Gasteiger partial charge in [0.25, 0.3) is 0 Å². The Morgan fingerprint density at radius 1 is 1.07 bits per heavy atom. The van der Waals surface area contributed by atoms with Crippen molar-refractivity contribution in [2.75, 3.05) is 0 Å². The van der Waals surface area contributed by atoms with E-state index in [9.17, 15) is 14.4 Å². The first-order chi connectivity index (χ1) is 12.8. The molecule has 1 aliphatic carbocycles. The number of hydrogen-bond acceptors (Lipinski definition) is 7.